The largest absolute Gasteiger partial charge is 0.497 e. The number of piperidine rings is 1. The summed E-state index contributed by atoms with van der Waals surface area (Å²) in [7, 11) is -0.669. The van der Waals surface area contributed by atoms with Crippen LogP contribution in [0.4, 0.5) is 0 Å². The first-order chi connectivity index (χ1) is 12.0. The molecule has 2 aliphatic carbocycles. The quantitative estimate of drug-likeness (QED) is 0.780. The number of methoxy groups -OCH3 is 1. The van der Waals surface area contributed by atoms with Gasteiger partial charge in [-0.3, -0.25) is 0 Å². The summed E-state index contributed by atoms with van der Waals surface area (Å²) >= 11 is 0. The maximum atomic E-state index is 9.24. The van der Waals surface area contributed by atoms with Gasteiger partial charge in [0.25, 0.3) is 0 Å². The first kappa shape index (κ1) is 7.84. The second-order valence-corrected chi connectivity index (χ2v) is 6.45. The Balaban J connectivity index is 1.94. The maximum absolute atomic E-state index is 9.24. The molecule has 1 aromatic rings. The van der Waals surface area contributed by atoms with Gasteiger partial charge in [-0.25, -0.2) is 0 Å². The molecule has 20 heavy (non-hydrogen) atoms. The second kappa shape index (κ2) is 4.49. The fraction of sp³-hybridized carbons (Fsp3) is 0.667. The van der Waals surface area contributed by atoms with E-state index < -0.39 is 19.4 Å². The number of ether oxygens (including phenoxy) is 1. The van der Waals surface area contributed by atoms with E-state index in [9.17, 15) is 1.37 Å². The Hall–Kier alpha value is -1.02. The van der Waals surface area contributed by atoms with Crippen LogP contribution in [0.15, 0.2) is 18.2 Å². The van der Waals surface area contributed by atoms with E-state index >= 15 is 0 Å². The van der Waals surface area contributed by atoms with E-state index in [1.165, 1.54) is 6.07 Å². The fourth-order valence-corrected chi connectivity index (χ4v) is 4.58. The van der Waals surface area contributed by atoms with Crippen molar-refractivity contribution in [2.45, 2.75) is 49.9 Å². The number of benzene rings is 1. The van der Waals surface area contributed by atoms with Gasteiger partial charge in [-0.1, -0.05) is 18.9 Å². The molecule has 3 atom stereocenters. The van der Waals surface area contributed by atoms with E-state index in [0.717, 1.165) is 37.7 Å². The maximum Gasteiger partial charge on any atom is 0.119 e. The molecule has 1 aromatic carbocycles. The summed E-state index contributed by atoms with van der Waals surface area (Å²) in [6.45, 7) is 0.670. The minimum absolute atomic E-state index is 0.104. The third kappa shape index (κ3) is 1.60. The molecule has 1 unspecified atom stereocenters. The Bertz CT molecular complexity index is 735. The van der Waals surface area contributed by atoms with E-state index in [4.69, 9.17) is 11.6 Å². The summed E-state index contributed by atoms with van der Waals surface area (Å²) in [5, 5.41) is 0. The van der Waals surface area contributed by atoms with E-state index in [-0.39, 0.29) is 17.1 Å². The zero-order chi connectivity index (χ0) is 19.0. The molecular formula is C18H25NO. The van der Waals surface area contributed by atoms with Crippen LogP contribution >= 0.6 is 0 Å². The monoisotopic (exact) mass is 277 g/mol. The molecule has 3 aliphatic rings. The summed E-state index contributed by atoms with van der Waals surface area (Å²) in [6, 6.07) is 3.61. The van der Waals surface area contributed by atoms with Crippen molar-refractivity contribution in [1.82, 2.24) is 4.90 Å². The summed E-state index contributed by atoms with van der Waals surface area (Å²) in [6.07, 6.45) is 2.86. The Kier molecular flexibility index (Phi) is 1.76. The molecule has 4 rings (SSSR count). The van der Waals surface area contributed by atoms with Gasteiger partial charge in [-0.05, 0) is 68.4 Å². The molecule has 2 fully saturated rings. The standard InChI is InChI=1S/C18H25NO/c1-19-10-9-18-8-4-3-5-15(18)17(19)11-13-6-7-14(20-2)12-16(13)18/h6-7,12,15,17H,3-5,8-11H2,1-2H3/t15?,17-,18-/m0/s1/i2D3,11D2,17D. The molecule has 108 valence electrons. The topological polar surface area (TPSA) is 12.5 Å². The molecule has 2 bridgehead atoms. The van der Waals surface area contributed by atoms with Gasteiger partial charge in [-0.15, -0.1) is 0 Å². The van der Waals surface area contributed by atoms with Gasteiger partial charge < -0.3 is 9.64 Å². The van der Waals surface area contributed by atoms with Crippen LogP contribution in [0.5, 0.6) is 5.75 Å². The molecule has 0 amide bonds. The number of likely N-dealkylation sites (tertiary alicyclic amines) is 1. The van der Waals surface area contributed by atoms with Crippen molar-refractivity contribution in [3.8, 4) is 5.75 Å². The summed E-state index contributed by atoms with van der Waals surface area (Å²) < 4.78 is 54.2. The molecule has 1 saturated carbocycles. The van der Waals surface area contributed by atoms with Gasteiger partial charge in [0.2, 0.25) is 0 Å². The molecule has 2 heteroatoms. The molecule has 2 nitrogen and oxygen atoms in total. The van der Waals surface area contributed by atoms with Crippen molar-refractivity contribution in [3.05, 3.63) is 29.3 Å². The van der Waals surface area contributed by atoms with Crippen molar-refractivity contribution in [2.24, 2.45) is 5.92 Å². The van der Waals surface area contributed by atoms with Crippen molar-refractivity contribution < 1.29 is 13.0 Å². The average Bonchev–Trinajstić information content (AvgIpc) is 2.56. The lowest BCUT2D eigenvalue weighted by Gasteiger charge is -2.58. The molecule has 1 heterocycles. The van der Waals surface area contributed by atoms with Crippen molar-refractivity contribution in [3.63, 3.8) is 0 Å². The van der Waals surface area contributed by atoms with Crippen LogP contribution in [0.25, 0.3) is 0 Å². The minimum Gasteiger partial charge on any atom is -0.497 e. The van der Waals surface area contributed by atoms with Gasteiger partial charge in [-0.2, -0.15) is 0 Å². The number of rotatable bonds is 1. The Morgan fingerprint density at radius 1 is 1.45 bits per heavy atom. The molecule has 0 spiro atoms. The Morgan fingerprint density at radius 2 is 2.40 bits per heavy atom. The van der Waals surface area contributed by atoms with E-state index in [0.29, 0.717) is 12.1 Å². The highest BCUT2D eigenvalue weighted by atomic mass is 16.5. The number of hydrogen-bond donors (Lipinski definition) is 0. The SMILES string of the molecule is [2H]C([2H])([2H])Oc1ccc2c(c1)[C@]13CCCCC1[C@@]([2H])(N(C)CC3)C2([2H])[2H]. The summed E-state index contributed by atoms with van der Waals surface area (Å²) in [4.78, 5) is 1.89. The van der Waals surface area contributed by atoms with Crippen molar-refractivity contribution >= 4 is 0 Å². The first-order valence-electron chi connectivity index (χ1n) is 10.6. The molecule has 0 aromatic heterocycles. The number of likely N-dealkylation sites (N-methyl/N-ethyl adjacent to an activating group) is 1. The van der Waals surface area contributed by atoms with Gasteiger partial charge in [0.1, 0.15) is 5.75 Å². The molecule has 1 saturated heterocycles. The highest BCUT2D eigenvalue weighted by molar-refractivity contribution is 5.45. The van der Waals surface area contributed by atoms with Crippen LogP contribution in [-0.4, -0.2) is 31.5 Å². The smallest absolute Gasteiger partial charge is 0.119 e. The lowest BCUT2D eigenvalue weighted by molar-refractivity contribution is 0.00274. The third-order valence-electron chi connectivity index (χ3n) is 5.58. The van der Waals surface area contributed by atoms with Crippen LogP contribution in [0.1, 0.15) is 51.5 Å². The van der Waals surface area contributed by atoms with Crippen LogP contribution in [0, 0.1) is 5.92 Å². The van der Waals surface area contributed by atoms with E-state index in [1.807, 2.05) is 11.9 Å². The normalized spacial score (nSPS) is 47.4. The van der Waals surface area contributed by atoms with E-state index in [1.54, 1.807) is 12.1 Å². The minimum atomic E-state index is -2.53. The Labute approximate surface area is 130 Å². The average molecular weight is 277 g/mol. The van der Waals surface area contributed by atoms with Crippen LogP contribution in [0.3, 0.4) is 0 Å². The lowest BCUT2D eigenvalue weighted by Crippen LogP contribution is -2.59. The van der Waals surface area contributed by atoms with Crippen molar-refractivity contribution in [2.75, 3.05) is 20.6 Å². The van der Waals surface area contributed by atoms with E-state index in [2.05, 4.69) is 0 Å². The number of hydrogen-bond acceptors (Lipinski definition) is 2. The highest BCUT2D eigenvalue weighted by Gasteiger charge is 2.53. The van der Waals surface area contributed by atoms with Crippen LogP contribution in [0.2, 0.25) is 0 Å². The van der Waals surface area contributed by atoms with Gasteiger partial charge in [0, 0.05) is 15.5 Å². The molecule has 0 radical (unpaired) electrons. The lowest BCUT2D eigenvalue weighted by atomic mass is 9.52. The fourth-order valence-electron chi connectivity index (χ4n) is 4.58. The second-order valence-electron chi connectivity index (χ2n) is 6.45. The number of nitrogens with zero attached hydrogens (tertiary/aromatic N) is 1. The number of fused-ring (bicyclic) bond motifs is 1. The highest BCUT2D eigenvalue weighted by Crippen LogP contribution is 2.55. The van der Waals surface area contributed by atoms with Crippen molar-refractivity contribution in [1.29, 1.82) is 0 Å². The summed E-state index contributed by atoms with van der Waals surface area (Å²) in [5.41, 5.74) is 1.13. The predicted octanol–water partition coefficient (Wildman–Crippen LogP) is 3.38. The zero-order valence-corrected chi connectivity index (χ0v) is 11.9. The Morgan fingerprint density at radius 3 is 3.30 bits per heavy atom. The molecule has 1 aliphatic heterocycles. The predicted molar refractivity (Wildman–Crippen MR) is 81.4 cm³/mol. The van der Waals surface area contributed by atoms with Crippen LogP contribution in [-0.2, 0) is 11.8 Å². The zero-order valence-electron chi connectivity index (χ0n) is 17.9. The summed E-state index contributed by atoms with van der Waals surface area (Å²) in [5.74, 6) is 0.155. The molecule has 0 N–H and O–H groups in total. The molecular weight excluding hydrogens is 246 g/mol. The van der Waals surface area contributed by atoms with Gasteiger partial charge in [0.15, 0.2) is 0 Å². The third-order valence-corrected chi connectivity index (χ3v) is 5.58. The van der Waals surface area contributed by atoms with Gasteiger partial charge in [0.05, 0.1) is 11.2 Å². The first-order valence-corrected chi connectivity index (χ1v) is 7.58. The van der Waals surface area contributed by atoms with Crippen LogP contribution < -0.4 is 4.74 Å². The van der Waals surface area contributed by atoms with Gasteiger partial charge >= 0.3 is 0 Å².